The predicted molar refractivity (Wildman–Crippen MR) is 97.2 cm³/mol. The summed E-state index contributed by atoms with van der Waals surface area (Å²) in [6, 6.07) is 12.2. The Morgan fingerprint density at radius 2 is 1.72 bits per heavy atom. The molecule has 0 atom stereocenters. The van der Waals surface area contributed by atoms with E-state index in [1.54, 1.807) is 14.2 Å². The minimum Gasteiger partial charge on any atom is -0.497 e. The van der Waals surface area contributed by atoms with Crippen molar-refractivity contribution in [3.63, 3.8) is 0 Å². The molecule has 6 heteroatoms. The minimum absolute atomic E-state index is 0.748. The van der Waals surface area contributed by atoms with Gasteiger partial charge in [-0.1, -0.05) is 0 Å². The van der Waals surface area contributed by atoms with Gasteiger partial charge in [-0.15, -0.1) is 0 Å². The van der Waals surface area contributed by atoms with Crippen molar-refractivity contribution in [2.45, 2.75) is 0 Å². The normalized spacial score (nSPS) is 14.7. The first-order valence-corrected chi connectivity index (χ1v) is 8.32. The largest absolute Gasteiger partial charge is 0.497 e. The summed E-state index contributed by atoms with van der Waals surface area (Å²) in [7, 11) is 3.35. The monoisotopic (exact) mass is 339 g/mol. The van der Waals surface area contributed by atoms with Crippen LogP contribution >= 0.6 is 0 Å². The highest BCUT2D eigenvalue weighted by molar-refractivity contribution is 5.87. The molecule has 1 saturated heterocycles. The molecule has 0 N–H and O–H groups in total. The number of hydrogen-bond donors (Lipinski definition) is 0. The highest BCUT2D eigenvalue weighted by Gasteiger charge is 2.17. The van der Waals surface area contributed by atoms with Crippen molar-refractivity contribution >= 4 is 16.7 Å². The van der Waals surface area contributed by atoms with Crippen LogP contribution in [-0.2, 0) is 4.74 Å². The molecular formula is C19H21N3O3. The van der Waals surface area contributed by atoms with E-state index in [1.165, 1.54) is 0 Å². The molecule has 1 fully saturated rings. The molecule has 3 aromatic rings. The third kappa shape index (κ3) is 2.89. The van der Waals surface area contributed by atoms with E-state index in [2.05, 4.69) is 26.6 Å². The second-order valence-corrected chi connectivity index (χ2v) is 5.93. The van der Waals surface area contributed by atoms with Crippen molar-refractivity contribution < 1.29 is 14.2 Å². The number of rotatable bonds is 4. The number of aromatic nitrogens is 2. The Kier molecular flexibility index (Phi) is 4.19. The number of nitrogens with zero attached hydrogens (tertiary/aromatic N) is 3. The number of fused-ring (bicyclic) bond motifs is 1. The fourth-order valence-electron chi connectivity index (χ4n) is 3.18. The third-order valence-corrected chi connectivity index (χ3v) is 4.55. The summed E-state index contributed by atoms with van der Waals surface area (Å²) >= 11 is 0. The Morgan fingerprint density at radius 3 is 2.40 bits per heavy atom. The Balaban J connectivity index is 1.82. The Hall–Kier alpha value is -2.73. The van der Waals surface area contributed by atoms with Crippen molar-refractivity contribution in [1.82, 2.24) is 9.55 Å². The zero-order chi connectivity index (χ0) is 17.2. The first-order valence-electron chi connectivity index (χ1n) is 8.32. The fraction of sp³-hybridized carbons (Fsp3) is 0.316. The first-order chi connectivity index (χ1) is 12.3. The van der Waals surface area contributed by atoms with E-state index in [-0.39, 0.29) is 0 Å². The molecule has 0 unspecified atom stereocenters. The Labute approximate surface area is 146 Å². The van der Waals surface area contributed by atoms with Crippen molar-refractivity contribution in [1.29, 1.82) is 0 Å². The van der Waals surface area contributed by atoms with Crippen LogP contribution in [0.4, 0.5) is 5.69 Å². The molecule has 2 heterocycles. The average molecular weight is 339 g/mol. The Bertz CT molecular complexity index is 868. The molecular weight excluding hydrogens is 318 g/mol. The fourth-order valence-corrected chi connectivity index (χ4v) is 3.18. The standard InChI is InChI=1S/C19H21N3O3/c1-23-16-5-3-14(4-6-16)22-13-20-19-17(22)11-15(12-18(19)24-2)21-7-9-25-10-8-21/h3-6,11-13H,7-10H2,1-2H3. The van der Waals surface area contributed by atoms with Gasteiger partial charge in [0.15, 0.2) is 0 Å². The SMILES string of the molecule is COc1ccc(-n2cnc3c(OC)cc(N4CCOCC4)cc32)cc1. The number of ether oxygens (including phenoxy) is 3. The van der Waals surface area contributed by atoms with Gasteiger partial charge in [-0.2, -0.15) is 0 Å². The van der Waals surface area contributed by atoms with Crippen LogP contribution in [0.25, 0.3) is 16.7 Å². The van der Waals surface area contributed by atoms with Crippen LogP contribution in [0.2, 0.25) is 0 Å². The maximum Gasteiger partial charge on any atom is 0.148 e. The summed E-state index contributed by atoms with van der Waals surface area (Å²) < 4.78 is 18.4. The van der Waals surface area contributed by atoms with E-state index < -0.39 is 0 Å². The van der Waals surface area contributed by atoms with Gasteiger partial charge >= 0.3 is 0 Å². The number of hydrogen-bond acceptors (Lipinski definition) is 5. The number of imidazole rings is 1. The highest BCUT2D eigenvalue weighted by atomic mass is 16.5. The molecule has 2 aromatic carbocycles. The molecule has 0 radical (unpaired) electrons. The van der Waals surface area contributed by atoms with Crippen LogP contribution in [0.3, 0.4) is 0 Å². The summed E-state index contributed by atoms with van der Waals surface area (Å²) in [6.07, 6.45) is 1.83. The van der Waals surface area contributed by atoms with Gasteiger partial charge in [0.1, 0.15) is 23.3 Å². The van der Waals surface area contributed by atoms with Crippen LogP contribution < -0.4 is 14.4 Å². The van der Waals surface area contributed by atoms with Gasteiger partial charge in [0, 0.05) is 30.5 Å². The molecule has 25 heavy (non-hydrogen) atoms. The van der Waals surface area contributed by atoms with Gasteiger partial charge in [0.25, 0.3) is 0 Å². The number of methoxy groups -OCH3 is 2. The van der Waals surface area contributed by atoms with Crippen LogP contribution in [0.15, 0.2) is 42.7 Å². The topological polar surface area (TPSA) is 48.8 Å². The molecule has 0 aliphatic carbocycles. The lowest BCUT2D eigenvalue weighted by atomic mass is 10.2. The minimum atomic E-state index is 0.748. The highest BCUT2D eigenvalue weighted by Crippen LogP contribution is 2.32. The summed E-state index contributed by atoms with van der Waals surface area (Å²) in [5.41, 5.74) is 4.04. The van der Waals surface area contributed by atoms with Crippen molar-refractivity contribution in [2.75, 3.05) is 45.4 Å². The summed E-state index contributed by atoms with van der Waals surface area (Å²) in [5.74, 6) is 1.62. The molecule has 1 aliphatic rings. The molecule has 0 bridgehead atoms. The zero-order valence-corrected chi connectivity index (χ0v) is 14.4. The quantitative estimate of drug-likeness (QED) is 0.731. The van der Waals surface area contributed by atoms with E-state index in [9.17, 15) is 0 Å². The van der Waals surface area contributed by atoms with Gasteiger partial charge in [-0.3, -0.25) is 4.57 Å². The molecule has 1 aromatic heterocycles. The maximum atomic E-state index is 5.59. The lowest BCUT2D eigenvalue weighted by Gasteiger charge is -2.29. The van der Waals surface area contributed by atoms with Gasteiger partial charge in [-0.05, 0) is 30.3 Å². The lowest BCUT2D eigenvalue weighted by molar-refractivity contribution is 0.122. The second-order valence-electron chi connectivity index (χ2n) is 5.93. The molecule has 1 aliphatic heterocycles. The first kappa shape index (κ1) is 15.8. The van der Waals surface area contributed by atoms with Crippen molar-refractivity contribution in [2.24, 2.45) is 0 Å². The van der Waals surface area contributed by atoms with E-state index in [0.717, 1.165) is 60.2 Å². The van der Waals surface area contributed by atoms with Crippen LogP contribution in [-0.4, -0.2) is 50.1 Å². The van der Waals surface area contributed by atoms with Crippen molar-refractivity contribution in [3.05, 3.63) is 42.7 Å². The number of benzene rings is 2. The average Bonchev–Trinajstić information content (AvgIpc) is 3.12. The maximum absolute atomic E-state index is 5.59. The predicted octanol–water partition coefficient (Wildman–Crippen LogP) is 2.88. The molecule has 0 amide bonds. The van der Waals surface area contributed by atoms with Gasteiger partial charge in [0.05, 0.1) is 33.0 Å². The molecule has 6 nitrogen and oxygen atoms in total. The summed E-state index contributed by atoms with van der Waals surface area (Å²) in [6.45, 7) is 3.26. The third-order valence-electron chi connectivity index (χ3n) is 4.55. The van der Waals surface area contributed by atoms with Crippen LogP contribution in [0.5, 0.6) is 11.5 Å². The van der Waals surface area contributed by atoms with E-state index in [4.69, 9.17) is 14.2 Å². The van der Waals surface area contributed by atoms with Crippen LogP contribution in [0, 0.1) is 0 Å². The van der Waals surface area contributed by atoms with E-state index in [0.29, 0.717) is 0 Å². The molecule has 4 rings (SSSR count). The van der Waals surface area contributed by atoms with Crippen molar-refractivity contribution in [3.8, 4) is 17.2 Å². The van der Waals surface area contributed by atoms with Gasteiger partial charge < -0.3 is 19.1 Å². The van der Waals surface area contributed by atoms with Gasteiger partial charge in [-0.25, -0.2) is 4.98 Å². The number of anilines is 1. The van der Waals surface area contributed by atoms with Gasteiger partial charge in [0.2, 0.25) is 0 Å². The second kappa shape index (κ2) is 6.64. The lowest BCUT2D eigenvalue weighted by Crippen LogP contribution is -2.36. The Morgan fingerprint density at radius 1 is 0.960 bits per heavy atom. The summed E-state index contributed by atoms with van der Waals surface area (Å²) in [5, 5.41) is 0. The van der Waals surface area contributed by atoms with Crippen LogP contribution in [0.1, 0.15) is 0 Å². The van der Waals surface area contributed by atoms with E-state index >= 15 is 0 Å². The van der Waals surface area contributed by atoms with E-state index in [1.807, 2.05) is 30.6 Å². The molecule has 130 valence electrons. The number of morpholine rings is 1. The smallest absolute Gasteiger partial charge is 0.148 e. The zero-order valence-electron chi connectivity index (χ0n) is 14.4. The summed E-state index contributed by atoms with van der Waals surface area (Å²) in [4.78, 5) is 6.87. The molecule has 0 spiro atoms. The molecule has 0 saturated carbocycles.